The first-order valence-electron chi connectivity index (χ1n) is 10.2. The lowest BCUT2D eigenvalue weighted by atomic mass is 10.2. The highest BCUT2D eigenvalue weighted by atomic mass is 32.2. The van der Waals surface area contributed by atoms with Gasteiger partial charge in [-0.3, -0.25) is 14.8 Å². The quantitative estimate of drug-likeness (QED) is 0.441. The van der Waals surface area contributed by atoms with Crippen LogP contribution in [0, 0.1) is 6.92 Å². The molecule has 3 amide bonds. The molecule has 0 radical (unpaired) electrons. The number of hydrogen-bond donors (Lipinski definition) is 3. The first kappa shape index (κ1) is 24.5. The van der Waals surface area contributed by atoms with Gasteiger partial charge in [0.25, 0.3) is 15.9 Å². The Morgan fingerprint density at radius 1 is 0.824 bits per heavy atom. The molecule has 0 aromatic heterocycles. The van der Waals surface area contributed by atoms with Crippen LogP contribution in [0.1, 0.15) is 22.8 Å². The van der Waals surface area contributed by atoms with Crippen molar-refractivity contribution >= 4 is 39.3 Å². The minimum absolute atomic E-state index is 0.0441. The van der Waals surface area contributed by atoms with E-state index in [9.17, 15) is 22.8 Å². The molecule has 0 saturated carbocycles. The highest BCUT2D eigenvalue weighted by molar-refractivity contribution is 7.92. The maximum absolute atomic E-state index is 12.6. The van der Waals surface area contributed by atoms with Crippen LogP contribution in [0.25, 0.3) is 0 Å². The summed E-state index contributed by atoms with van der Waals surface area (Å²) in [7, 11) is -3.86. The van der Waals surface area contributed by atoms with Gasteiger partial charge in [0.1, 0.15) is 0 Å². The molecule has 3 N–H and O–H groups in total. The van der Waals surface area contributed by atoms with Gasteiger partial charge in [-0.25, -0.2) is 18.0 Å². The van der Waals surface area contributed by atoms with Crippen molar-refractivity contribution in [1.82, 2.24) is 5.32 Å². The Hall–Kier alpha value is -4.18. The van der Waals surface area contributed by atoms with Crippen molar-refractivity contribution in [2.24, 2.45) is 0 Å². The summed E-state index contributed by atoms with van der Waals surface area (Å²) in [5.41, 5.74) is 1.93. The Morgan fingerprint density at radius 3 is 2.06 bits per heavy atom. The van der Waals surface area contributed by atoms with Gasteiger partial charge in [-0.05, 0) is 62.4 Å². The summed E-state index contributed by atoms with van der Waals surface area (Å²) in [5.74, 6) is -1.66. The van der Waals surface area contributed by atoms with Crippen LogP contribution in [0.2, 0.25) is 0 Å². The molecule has 0 saturated heterocycles. The van der Waals surface area contributed by atoms with Crippen molar-refractivity contribution in [2.45, 2.75) is 24.8 Å². The fourth-order valence-corrected chi connectivity index (χ4v) is 3.84. The van der Waals surface area contributed by atoms with Crippen molar-refractivity contribution in [3.63, 3.8) is 0 Å². The fourth-order valence-electron chi connectivity index (χ4n) is 2.79. The lowest BCUT2D eigenvalue weighted by molar-refractivity contribution is -0.127. The van der Waals surface area contributed by atoms with Crippen LogP contribution in [0.5, 0.6) is 0 Å². The summed E-state index contributed by atoms with van der Waals surface area (Å²) in [5, 5.41) is 4.57. The predicted molar refractivity (Wildman–Crippen MR) is 127 cm³/mol. The third-order valence-corrected chi connectivity index (χ3v) is 6.02. The normalized spacial score (nSPS) is 11.7. The predicted octanol–water partition coefficient (Wildman–Crippen LogP) is 3.69. The number of sulfonamides is 1. The molecule has 0 aliphatic heterocycles. The molecular formula is C24H23N3O6S. The molecule has 176 valence electrons. The van der Waals surface area contributed by atoms with Gasteiger partial charge in [0.2, 0.25) is 0 Å². The molecule has 0 spiro atoms. The van der Waals surface area contributed by atoms with Gasteiger partial charge in [0, 0.05) is 11.4 Å². The van der Waals surface area contributed by atoms with Crippen LogP contribution in [0.15, 0.2) is 83.8 Å². The van der Waals surface area contributed by atoms with Crippen molar-refractivity contribution in [3.05, 3.63) is 90.0 Å². The molecule has 1 unspecified atom stereocenters. The number of urea groups is 1. The van der Waals surface area contributed by atoms with Crippen LogP contribution in [-0.4, -0.2) is 32.4 Å². The summed E-state index contributed by atoms with van der Waals surface area (Å²) in [6.45, 7) is 3.20. The lowest BCUT2D eigenvalue weighted by Gasteiger charge is -2.14. The summed E-state index contributed by atoms with van der Waals surface area (Å²) in [6.07, 6.45) is -1.26. The zero-order chi connectivity index (χ0) is 24.7. The average Bonchev–Trinajstić information content (AvgIpc) is 2.81. The molecule has 3 aromatic carbocycles. The van der Waals surface area contributed by atoms with Crippen LogP contribution < -0.4 is 15.4 Å². The highest BCUT2D eigenvalue weighted by Gasteiger charge is 2.22. The number of benzene rings is 3. The zero-order valence-electron chi connectivity index (χ0n) is 18.4. The summed E-state index contributed by atoms with van der Waals surface area (Å²) >= 11 is 0. The standard InChI is InChI=1S/C24H23N3O6S/c1-16-8-12-20(13-9-16)27-34(31,32)21-14-10-18(11-15-21)23(29)33-17(2)22(28)26-24(30)25-19-6-4-3-5-7-19/h3-15,17,27H,1-2H3,(H2,25,26,28,30). The summed E-state index contributed by atoms with van der Waals surface area (Å²) < 4.78 is 32.6. The molecule has 0 aliphatic carbocycles. The molecule has 10 heteroatoms. The number of rotatable bonds is 7. The number of esters is 1. The molecule has 1 atom stereocenters. The zero-order valence-corrected chi connectivity index (χ0v) is 19.3. The Kier molecular flexibility index (Phi) is 7.64. The van der Waals surface area contributed by atoms with E-state index in [-0.39, 0.29) is 10.5 Å². The molecule has 0 aliphatic rings. The average molecular weight is 482 g/mol. The van der Waals surface area contributed by atoms with Crippen LogP contribution in [0.3, 0.4) is 0 Å². The molecular weight excluding hydrogens is 458 g/mol. The van der Waals surface area contributed by atoms with E-state index in [1.165, 1.54) is 31.2 Å². The molecule has 0 heterocycles. The van der Waals surface area contributed by atoms with Crippen LogP contribution in [0.4, 0.5) is 16.2 Å². The second-order valence-corrected chi connectivity index (χ2v) is 9.04. The summed E-state index contributed by atoms with van der Waals surface area (Å²) in [4.78, 5) is 36.4. The smallest absolute Gasteiger partial charge is 0.338 e. The minimum atomic E-state index is -3.86. The van der Waals surface area contributed by atoms with Crippen LogP contribution in [-0.2, 0) is 19.6 Å². The van der Waals surface area contributed by atoms with E-state index < -0.39 is 34.0 Å². The Labute approximate surface area is 197 Å². The third kappa shape index (κ3) is 6.66. The number of hydrogen-bond acceptors (Lipinski definition) is 6. The van der Waals surface area contributed by atoms with E-state index in [2.05, 4.69) is 15.4 Å². The van der Waals surface area contributed by atoms with E-state index in [0.29, 0.717) is 11.4 Å². The monoisotopic (exact) mass is 481 g/mol. The Morgan fingerprint density at radius 2 is 1.44 bits per heavy atom. The fraction of sp³-hybridized carbons (Fsp3) is 0.125. The maximum atomic E-state index is 12.6. The van der Waals surface area contributed by atoms with Crippen LogP contribution >= 0.6 is 0 Å². The number of imide groups is 1. The van der Waals surface area contributed by atoms with Crippen molar-refractivity contribution < 1.29 is 27.5 Å². The number of amides is 3. The van der Waals surface area contributed by atoms with Gasteiger partial charge in [0.05, 0.1) is 10.5 Å². The third-order valence-electron chi connectivity index (χ3n) is 4.63. The van der Waals surface area contributed by atoms with Crippen molar-refractivity contribution in [3.8, 4) is 0 Å². The SMILES string of the molecule is Cc1ccc(NS(=O)(=O)c2ccc(C(=O)OC(C)C(=O)NC(=O)Nc3ccccc3)cc2)cc1. The lowest BCUT2D eigenvalue weighted by Crippen LogP contribution is -2.41. The number of carbonyl (C=O) groups is 3. The number of aryl methyl sites for hydroxylation is 1. The summed E-state index contributed by atoms with van der Waals surface area (Å²) in [6, 6.07) is 19.6. The number of ether oxygens (including phenoxy) is 1. The first-order chi connectivity index (χ1) is 16.1. The molecule has 34 heavy (non-hydrogen) atoms. The van der Waals surface area contributed by atoms with Gasteiger partial charge in [0.15, 0.2) is 6.10 Å². The minimum Gasteiger partial charge on any atom is -0.449 e. The number of carbonyl (C=O) groups excluding carboxylic acids is 3. The van der Waals surface area contributed by atoms with Gasteiger partial charge in [-0.1, -0.05) is 35.9 Å². The van der Waals surface area contributed by atoms with Gasteiger partial charge < -0.3 is 10.1 Å². The van der Waals surface area contributed by atoms with E-state index in [1.54, 1.807) is 54.6 Å². The van der Waals surface area contributed by atoms with E-state index in [1.807, 2.05) is 6.92 Å². The van der Waals surface area contributed by atoms with Crippen molar-refractivity contribution in [1.29, 1.82) is 0 Å². The van der Waals surface area contributed by atoms with Gasteiger partial charge >= 0.3 is 12.0 Å². The molecule has 0 fully saturated rings. The molecule has 9 nitrogen and oxygen atoms in total. The second kappa shape index (κ2) is 10.6. The van der Waals surface area contributed by atoms with E-state index in [4.69, 9.17) is 4.74 Å². The number of para-hydroxylation sites is 1. The maximum Gasteiger partial charge on any atom is 0.338 e. The molecule has 3 aromatic rings. The Balaban J connectivity index is 1.56. The molecule has 3 rings (SSSR count). The van der Waals surface area contributed by atoms with Crippen molar-refractivity contribution in [2.75, 3.05) is 10.0 Å². The first-order valence-corrected chi connectivity index (χ1v) is 11.7. The Bertz CT molecular complexity index is 1270. The largest absolute Gasteiger partial charge is 0.449 e. The highest BCUT2D eigenvalue weighted by Crippen LogP contribution is 2.18. The van der Waals surface area contributed by atoms with E-state index >= 15 is 0 Å². The number of nitrogens with one attached hydrogen (secondary N) is 3. The number of anilines is 2. The van der Waals surface area contributed by atoms with Gasteiger partial charge in [-0.2, -0.15) is 0 Å². The second-order valence-electron chi connectivity index (χ2n) is 7.35. The van der Waals surface area contributed by atoms with E-state index in [0.717, 1.165) is 5.56 Å². The van der Waals surface area contributed by atoms with Gasteiger partial charge in [-0.15, -0.1) is 0 Å². The topological polar surface area (TPSA) is 131 Å². The molecule has 0 bridgehead atoms.